The highest BCUT2D eigenvalue weighted by Crippen LogP contribution is 2.29. The number of guanidine groups is 1. The number of aliphatic imine (C=N–C) groups is 2. The maximum Gasteiger partial charge on any atom is 0.344 e. The van der Waals surface area contributed by atoms with Gasteiger partial charge in [0.15, 0.2) is 5.96 Å². The van der Waals surface area contributed by atoms with Gasteiger partial charge in [0.1, 0.15) is 29.3 Å². The molecule has 5 aromatic rings. The molecule has 27 nitrogen and oxygen atoms in total. The zero-order valence-electron chi connectivity index (χ0n) is 53.0. The zero-order chi connectivity index (χ0) is 67.6. The number of hydrogen-bond acceptors (Lipinski definition) is 16. The summed E-state index contributed by atoms with van der Waals surface area (Å²) in [6.45, 7) is 3.59. The van der Waals surface area contributed by atoms with Crippen LogP contribution >= 0.6 is 0 Å². The molecular formula is C67H88N14O13. The largest absolute Gasteiger partial charge is 0.508 e. The summed E-state index contributed by atoms with van der Waals surface area (Å²) in [5.74, 6) is -5.65. The molecule has 1 heterocycles. The summed E-state index contributed by atoms with van der Waals surface area (Å²) in [7, 11) is 0. The maximum absolute atomic E-state index is 14.6. The van der Waals surface area contributed by atoms with E-state index >= 15 is 0 Å². The molecule has 0 saturated carbocycles. The zero-order valence-corrected chi connectivity index (χ0v) is 53.0. The van der Waals surface area contributed by atoms with Gasteiger partial charge in [-0.2, -0.15) is 4.99 Å². The Hall–Kier alpha value is -9.80. The summed E-state index contributed by atoms with van der Waals surface area (Å²) in [5.41, 5.74) is 16.7. The second-order valence-corrected chi connectivity index (χ2v) is 22.5. The third kappa shape index (κ3) is 26.4. The number of ether oxygens (including phenoxy) is 1. The predicted octanol–water partition coefficient (Wildman–Crippen LogP) is 2.24. The van der Waals surface area contributed by atoms with Gasteiger partial charge >= 0.3 is 23.9 Å². The van der Waals surface area contributed by atoms with E-state index in [2.05, 4.69) is 41.9 Å². The van der Waals surface area contributed by atoms with Crippen molar-refractivity contribution in [3.8, 4) is 22.6 Å². The quantitative estimate of drug-likeness (QED) is 0.0163. The van der Waals surface area contributed by atoms with E-state index < -0.39 is 65.6 Å². The highest BCUT2D eigenvalue weighted by Gasteiger charge is 2.29. The van der Waals surface area contributed by atoms with E-state index in [9.17, 15) is 58.8 Å². The van der Waals surface area contributed by atoms with Gasteiger partial charge in [-0.15, -0.1) is 0 Å². The van der Waals surface area contributed by atoms with E-state index in [1.165, 1.54) is 12.1 Å². The van der Waals surface area contributed by atoms with Crippen molar-refractivity contribution in [1.29, 1.82) is 0 Å². The fourth-order valence-corrected chi connectivity index (χ4v) is 10.3. The molecule has 6 rings (SSSR count). The summed E-state index contributed by atoms with van der Waals surface area (Å²) in [4.78, 5) is 119. The van der Waals surface area contributed by atoms with E-state index in [-0.39, 0.29) is 142 Å². The molecule has 0 aromatic heterocycles. The SMILES string of the molecule is CCNC(=O)/N=C(/N)NCCC[C@@H](NC(=O)[C@@H](c1ccccc1)c1cccc(OCCCCNC(=O)[C@@H](Cc2ccc(-c3ccccc3)cc2)NC(=O)/C(CN)=N/CN2CCN(CC(=O)O)CCN(CC(=O)O)CCN(CC(=O)O)CC2)c1)C(=O)NCc1ccc(O)cc1. The molecule has 0 unspecified atom stereocenters. The number of nitrogens with two attached hydrogens (primary N) is 2. The van der Waals surface area contributed by atoms with Crippen molar-refractivity contribution in [1.82, 2.24) is 51.5 Å². The van der Waals surface area contributed by atoms with Gasteiger partial charge in [0.05, 0.1) is 38.8 Å². The van der Waals surface area contributed by atoms with Crippen LogP contribution in [0, 0.1) is 0 Å². The first-order valence-corrected chi connectivity index (χ1v) is 31.4. The number of carboxylic acid groups (broad SMARTS) is 3. The van der Waals surface area contributed by atoms with E-state index in [4.69, 9.17) is 16.2 Å². The fraction of sp³-hybridized carbons (Fsp3) is 0.403. The lowest BCUT2D eigenvalue weighted by Crippen LogP contribution is -2.51. The Balaban J connectivity index is 1.11. The minimum atomic E-state index is -1.07. The number of hydrogen-bond donors (Lipinski definition) is 12. The second-order valence-electron chi connectivity index (χ2n) is 22.5. The monoisotopic (exact) mass is 1300 g/mol. The van der Waals surface area contributed by atoms with Crippen molar-refractivity contribution in [2.75, 3.05) is 111 Å². The number of phenolic OH excluding ortho intramolecular Hbond substituents is 1. The van der Waals surface area contributed by atoms with Crippen molar-refractivity contribution >= 4 is 59.2 Å². The van der Waals surface area contributed by atoms with Crippen LogP contribution in [0.15, 0.2) is 143 Å². The van der Waals surface area contributed by atoms with E-state index in [1.54, 1.807) is 58.0 Å². The number of aliphatic carboxylic acids is 3. The van der Waals surface area contributed by atoms with Gasteiger partial charge in [-0.25, -0.2) is 4.79 Å². The molecular weight excluding hydrogens is 1210 g/mol. The van der Waals surface area contributed by atoms with Crippen molar-refractivity contribution in [2.45, 2.75) is 63.6 Å². The molecule has 1 aliphatic rings. The van der Waals surface area contributed by atoms with Crippen LogP contribution < -0.4 is 48.1 Å². The number of unbranched alkanes of at least 4 members (excludes halogenated alkanes) is 1. The van der Waals surface area contributed by atoms with Crippen molar-refractivity contribution in [3.05, 3.63) is 156 Å². The average Bonchev–Trinajstić information content (AvgIpc) is 0.852. The van der Waals surface area contributed by atoms with Crippen LogP contribution in [0.3, 0.4) is 0 Å². The molecule has 0 aliphatic carbocycles. The Labute approximate surface area is 547 Å². The Morgan fingerprint density at radius 1 is 0.564 bits per heavy atom. The molecule has 5 aromatic carbocycles. The Kier molecular flexibility index (Phi) is 30.8. The summed E-state index contributed by atoms with van der Waals surface area (Å²) >= 11 is 0. The summed E-state index contributed by atoms with van der Waals surface area (Å²) < 4.78 is 6.23. The molecule has 1 saturated heterocycles. The number of urea groups is 1. The molecule has 1 aliphatic heterocycles. The minimum absolute atomic E-state index is 0.0573. The Morgan fingerprint density at radius 3 is 1.69 bits per heavy atom. The number of phenols is 1. The number of aromatic hydroxyl groups is 1. The number of nitrogens with zero attached hydrogens (tertiary/aromatic N) is 6. The maximum atomic E-state index is 14.6. The third-order valence-corrected chi connectivity index (χ3v) is 15.3. The topological polar surface area (TPSA) is 389 Å². The molecule has 3 atom stereocenters. The number of carbonyl (C=O) groups is 8. The molecule has 0 bridgehead atoms. The van der Waals surface area contributed by atoms with Crippen LogP contribution in [0.5, 0.6) is 11.5 Å². The molecule has 14 N–H and O–H groups in total. The van der Waals surface area contributed by atoms with Crippen LogP contribution in [0.1, 0.15) is 60.8 Å². The standard InChI is InChI=1S/C67H88N14O13/c1-2-70-67(93)77-66(69)72-29-12-19-55(62(89)73-42-48-22-26-53(82)27-23-48)75-65(92)61(51-15-7-4-8-16-51)52-17-11-18-54(40-52)94-38-10-9-28-71-63(90)56(39-47-20-24-50(25-21-47)49-13-5-3-6-14-49)76-64(91)57(41-68)74-46-81-36-34-79(44-59(85)86)32-30-78(43-58(83)84)31-33-80(35-37-81)45-60(87)88/h3-8,11,13-18,20-27,40,55-56,61,82H,2,9-10,12,19,28-39,41-46,68H2,1H3,(H,71,90)(H,73,89)(H,75,92)(H,76,91)(H,83,84)(H,85,86)(H,87,88)(H4,69,70,72,77,93)/b74-57+/t55-,56-,61+/m1/s1. The van der Waals surface area contributed by atoms with Crippen molar-refractivity contribution in [3.63, 3.8) is 0 Å². The first-order chi connectivity index (χ1) is 45.3. The predicted molar refractivity (Wildman–Crippen MR) is 355 cm³/mol. The van der Waals surface area contributed by atoms with Crippen LogP contribution in [-0.2, 0) is 46.5 Å². The van der Waals surface area contributed by atoms with Gasteiger partial charge in [-0.3, -0.25) is 58.2 Å². The van der Waals surface area contributed by atoms with Crippen LogP contribution in [0.25, 0.3) is 11.1 Å². The summed E-state index contributed by atoms with van der Waals surface area (Å²) in [6, 6.07) is 37.4. The fourth-order valence-electron chi connectivity index (χ4n) is 10.3. The average molecular weight is 1300 g/mol. The summed E-state index contributed by atoms with van der Waals surface area (Å²) in [6.07, 6.45) is 1.62. The highest BCUT2D eigenvalue weighted by atomic mass is 16.5. The van der Waals surface area contributed by atoms with Crippen LogP contribution in [-0.4, -0.2) is 223 Å². The number of nitrogens with one attached hydrogen (secondary N) is 6. The Bertz CT molecular complexity index is 3270. The number of carboxylic acids is 3. The van der Waals surface area contributed by atoms with E-state index in [0.29, 0.717) is 42.7 Å². The van der Waals surface area contributed by atoms with Gasteiger partial charge in [0, 0.05) is 91.5 Å². The molecule has 6 amide bonds. The first-order valence-electron chi connectivity index (χ1n) is 31.4. The van der Waals surface area contributed by atoms with Gasteiger partial charge in [-0.1, -0.05) is 109 Å². The van der Waals surface area contributed by atoms with Crippen LogP contribution in [0.4, 0.5) is 4.79 Å². The molecule has 0 radical (unpaired) electrons. The normalized spacial score (nSPS) is 15.0. The number of carbonyl (C=O) groups excluding carboxylic acids is 5. The summed E-state index contributed by atoms with van der Waals surface area (Å²) in [5, 5.41) is 55.8. The van der Waals surface area contributed by atoms with Crippen molar-refractivity contribution in [2.24, 2.45) is 21.5 Å². The van der Waals surface area contributed by atoms with Gasteiger partial charge in [0.2, 0.25) is 17.7 Å². The van der Waals surface area contributed by atoms with E-state index in [0.717, 1.165) is 22.3 Å². The van der Waals surface area contributed by atoms with Gasteiger partial charge in [0.25, 0.3) is 5.91 Å². The smallest absolute Gasteiger partial charge is 0.344 e. The Morgan fingerprint density at radius 2 is 1.11 bits per heavy atom. The third-order valence-electron chi connectivity index (χ3n) is 15.3. The van der Waals surface area contributed by atoms with Crippen molar-refractivity contribution < 1.29 is 63.5 Å². The minimum Gasteiger partial charge on any atom is -0.508 e. The molecule has 0 spiro atoms. The number of amides is 6. The molecule has 504 valence electrons. The van der Waals surface area contributed by atoms with E-state index in [1.807, 2.05) is 89.8 Å². The number of benzene rings is 5. The van der Waals surface area contributed by atoms with Crippen LogP contribution in [0.2, 0.25) is 0 Å². The first kappa shape index (κ1) is 73.3. The molecule has 27 heteroatoms. The second kappa shape index (κ2) is 39.6. The molecule has 1 fully saturated rings. The highest BCUT2D eigenvalue weighted by molar-refractivity contribution is 6.40. The van der Waals surface area contributed by atoms with Gasteiger partial charge in [-0.05, 0) is 90.3 Å². The lowest BCUT2D eigenvalue weighted by molar-refractivity contribution is -0.140. The lowest BCUT2D eigenvalue weighted by Gasteiger charge is -2.32. The number of rotatable bonds is 33. The van der Waals surface area contributed by atoms with Gasteiger partial charge < -0.3 is 68.5 Å². The molecule has 94 heavy (non-hydrogen) atoms. The lowest BCUT2D eigenvalue weighted by atomic mass is 9.90.